The second-order valence-corrected chi connectivity index (χ2v) is 5.22. The van der Waals surface area contributed by atoms with E-state index in [2.05, 4.69) is 29.5 Å². The quantitative estimate of drug-likeness (QED) is 0.798. The predicted octanol–water partition coefficient (Wildman–Crippen LogP) is 2.60. The zero-order valence-corrected chi connectivity index (χ0v) is 11.4. The third-order valence-corrected chi connectivity index (χ3v) is 3.45. The Labute approximate surface area is 102 Å². The average molecular weight is 242 g/mol. The van der Waals surface area contributed by atoms with Crippen molar-refractivity contribution in [2.24, 2.45) is 5.92 Å². The van der Waals surface area contributed by atoms with Crippen LogP contribution in [0, 0.1) is 12.8 Å². The van der Waals surface area contributed by atoms with Crippen LogP contribution in [-0.2, 0) is 11.3 Å². The number of hydrogen-bond acceptors (Lipinski definition) is 4. The van der Waals surface area contributed by atoms with Crippen LogP contribution in [0.25, 0.3) is 0 Å². The number of thiazole rings is 1. The summed E-state index contributed by atoms with van der Waals surface area (Å²) in [6, 6.07) is 0.407. The van der Waals surface area contributed by atoms with Gasteiger partial charge in [0.05, 0.1) is 6.61 Å². The van der Waals surface area contributed by atoms with Gasteiger partial charge in [-0.05, 0) is 19.8 Å². The van der Waals surface area contributed by atoms with Gasteiger partial charge in [0.2, 0.25) is 0 Å². The van der Waals surface area contributed by atoms with Crippen molar-refractivity contribution < 1.29 is 4.74 Å². The number of aromatic nitrogens is 1. The monoisotopic (exact) mass is 242 g/mol. The van der Waals surface area contributed by atoms with Crippen molar-refractivity contribution in [3.05, 3.63) is 16.1 Å². The highest BCUT2D eigenvalue weighted by atomic mass is 32.1. The molecule has 0 aliphatic rings. The lowest BCUT2D eigenvalue weighted by atomic mass is 10.1. The van der Waals surface area contributed by atoms with Gasteiger partial charge in [-0.1, -0.05) is 13.8 Å². The third-order valence-electron chi connectivity index (χ3n) is 2.49. The van der Waals surface area contributed by atoms with Crippen molar-refractivity contribution in [1.29, 1.82) is 0 Å². The van der Waals surface area contributed by atoms with E-state index in [9.17, 15) is 0 Å². The van der Waals surface area contributed by atoms with Crippen molar-refractivity contribution >= 4 is 11.3 Å². The molecule has 1 atom stereocenters. The largest absolute Gasteiger partial charge is 0.380 e. The van der Waals surface area contributed by atoms with E-state index in [0.717, 1.165) is 30.5 Å². The van der Waals surface area contributed by atoms with Gasteiger partial charge in [-0.25, -0.2) is 4.98 Å². The number of ether oxygens (including phenoxy) is 1. The molecule has 0 bridgehead atoms. The molecule has 3 nitrogen and oxygen atoms in total. The van der Waals surface area contributed by atoms with Crippen LogP contribution in [0.5, 0.6) is 0 Å². The minimum atomic E-state index is 0.407. The van der Waals surface area contributed by atoms with Crippen molar-refractivity contribution in [2.45, 2.75) is 40.3 Å². The van der Waals surface area contributed by atoms with Gasteiger partial charge >= 0.3 is 0 Å². The first kappa shape index (κ1) is 13.6. The van der Waals surface area contributed by atoms with Crippen molar-refractivity contribution in [3.8, 4) is 0 Å². The lowest BCUT2D eigenvalue weighted by Crippen LogP contribution is -2.37. The van der Waals surface area contributed by atoms with Crippen molar-refractivity contribution in [2.75, 3.05) is 13.2 Å². The van der Waals surface area contributed by atoms with Gasteiger partial charge in [0.15, 0.2) is 0 Å². The van der Waals surface area contributed by atoms with Crippen LogP contribution < -0.4 is 5.32 Å². The second-order valence-electron chi connectivity index (χ2n) is 4.27. The number of nitrogens with zero attached hydrogens (tertiary/aromatic N) is 1. The Morgan fingerprint density at radius 2 is 2.25 bits per heavy atom. The number of rotatable bonds is 7. The molecule has 1 rings (SSSR count). The Kier molecular flexibility index (Phi) is 5.95. The van der Waals surface area contributed by atoms with Crippen LogP contribution in [-0.4, -0.2) is 24.2 Å². The lowest BCUT2D eigenvalue weighted by Gasteiger charge is -2.21. The van der Waals surface area contributed by atoms with Crippen LogP contribution in [0.1, 0.15) is 31.5 Å². The Bertz CT molecular complexity index is 299. The molecular weight excluding hydrogens is 220 g/mol. The van der Waals surface area contributed by atoms with E-state index in [0.29, 0.717) is 12.0 Å². The van der Waals surface area contributed by atoms with Crippen LogP contribution in [0.2, 0.25) is 0 Å². The standard InChI is InChI=1S/C12H22N2OS/c1-5-15-7-11(9(2)3)13-6-12-14-10(4)8-16-12/h8-9,11,13H,5-7H2,1-4H3. The molecule has 1 aromatic rings. The average Bonchev–Trinajstić information content (AvgIpc) is 2.64. The topological polar surface area (TPSA) is 34.1 Å². The summed E-state index contributed by atoms with van der Waals surface area (Å²) in [6.07, 6.45) is 0. The Balaban J connectivity index is 2.37. The molecule has 1 unspecified atom stereocenters. The first-order chi connectivity index (χ1) is 7.63. The van der Waals surface area contributed by atoms with Gasteiger partial charge < -0.3 is 10.1 Å². The van der Waals surface area contributed by atoms with Gasteiger partial charge in [0.1, 0.15) is 5.01 Å². The molecule has 0 amide bonds. The second kappa shape index (κ2) is 6.99. The molecule has 0 aromatic carbocycles. The summed E-state index contributed by atoms with van der Waals surface area (Å²) in [5, 5.41) is 6.75. The summed E-state index contributed by atoms with van der Waals surface area (Å²) >= 11 is 1.71. The smallest absolute Gasteiger partial charge is 0.107 e. The molecule has 16 heavy (non-hydrogen) atoms. The maximum atomic E-state index is 5.47. The van der Waals surface area contributed by atoms with Crippen molar-refractivity contribution in [1.82, 2.24) is 10.3 Å². The summed E-state index contributed by atoms with van der Waals surface area (Å²) in [4.78, 5) is 4.44. The molecule has 1 N–H and O–H groups in total. The third kappa shape index (κ3) is 4.60. The predicted molar refractivity (Wildman–Crippen MR) is 68.8 cm³/mol. The maximum absolute atomic E-state index is 5.47. The van der Waals surface area contributed by atoms with E-state index in [1.807, 2.05) is 13.8 Å². The van der Waals surface area contributed by atoms with E-state index in [4.69, 9.17) is 4.74 Å². The highest BCUT2D eigenvalue weighted by Gasteiger charge is 2.13. The zero-order chi connectivity index (χ0) is 12.0. The normalized spacial score (nSPS) is 13.3. The van der Waals surface area contributed by atoms with Gasteiger partial charge in [0, 0.05) is 30.3 Å². The number of hydrogen-bond donors (Lipinski definition) is 1. The molecule has 0 saturated heterocycles. The fourth-order valence-corrected chi connectivity index (χ4v) is 2.16. The van der Waals surface area contributed by atoms with Gasteiger partial charge in [-0.3, -0.25) is 0 Å². The minimum Gasteiger partial charge on any atom is -0.380 e. The number of nitrogens with one attached hydrogen (secondary N) is 1. The fourth-order valence-electron chi connectivity index (χ4n) is 1.43. The highest BCUT2D eigenvalue weighted by Crippen LogP contribution is 2.10. The van der Waals surface area contributed by atoms with Crippen molar-refractivity contribution in [3.63, 3.8) is 0 Å². The Morgan fingerprint density at radius 3 is 2.75 bits per heavy atom. The molecule has 0 fully saturated rings. The van der Waals surface area contributed by atoms with E-state index in [1.165, 1.54) is 0 Å². The Hall–Kier alpha value is -0.450. The summed E-state index contributed by atoms with van der Waals surface area (Å²) in [5.41, 5.74) is 1.10. The van der Waals surface area contributed by atoms with Gasteiger partial charge in [0.25, 0.3) is 0 Å². The molecule has 1 heterocycles. The van der Waals surface area contributed by atoms with Crippen LogP contribution >= 0.6 is 11.3 Å². The molecule has 1 aromatic heterocycles. The first-order valence-electron chi connectivity index (χ1n) is 5.85. The van der Waals surface area contributed by atoms with E-state index < -0.39 is 0 Å². The molecule has 92 valence electrons. The zero-order valence-electron chi connectivity index (χ0n) is 10.6. The number of aryl methyl sites for hydroxylation is 1. The molecule has 0 saturated carbocycles. The molecule has 0 aliphatic heterocycles. The Morgan fingerprint density at radius 1 is 1.50 bits per heavy atom. The van der Waals surface area contributed by atoms with E-state index in [-0.39, 0.29) is 0 Å². The van der Waals surface area contributed by atoms with E-state index >= 15 is 0 Å². The first-order valence-corrected chi connectivity index (χ1v) is 6.73. The van der Waals surface area contributed by atoms with Gasteiger partial charge in [-0.15, -0.1) is 11.3 Å². The van der Waals surface area contributed by atoms with E-state index in [1.54, 1.807) is 11.3 Å². The molecule has 4 heteroatoms. The minimum absolute atomic E-state index is 0.407. The molecule has 0 radical (unpaired) electrons. The summed E-state index contributed by atoms with van der Waals surface area (Å²) in [7, 11) is 0. The lowest BCUT2D eigenvalue weighted by molar-refractivity contribution is 0.108. The summed E-state index contributed by atoms with van der Waals surface area (Å²) < 4.78 is 5.47. The molecule has 0 aliphatic carbocycles. The van der Waals surface area contributed by atoms with Crippen LogP contribution in [0.15, 0.2) is 5.38 Å². The SMILES string of the molecule is CCOCC(NCc1nc(C)cs1)C(C)C. The summed E-state index contributed by atoms with van der Waals surface area (Å²) in [6.45, 7) is 10.9. The summed E-state index contributed by atoms with van der Waals surface area (Å²) in [5.74, 6) is 0.576. The van der Waals surface area contributed by atoms with Crippen LogP contribution in [0.4, 0.5) is 0 Å². The molecular formula is C12H22N2OS. The maximum Gasteiger partial charge on any atom is 0.107 e. The molecule has 0 spiro atoms. The van der Waals surface area contributed by atoms with Crippen LogP contribution in [0.3, 0.4) is 0 Å². The fraction of sp³-hybridized carbons (Fsp3) is 0.750. The highest BCUT2D eigenvalue weighted by molar-refractivity contribution is 7.09. The van der Waals surface area contributed by atoms with Gasteiger partial charge in [-0.2, -0.15) is 0 Å².